The van der Waals surface area contributed by atoms with Gasteiger partial charge in [-0.3, -0.25) is 14.9 Å². The van der Waals surface area contributed by atoms with Gasteiger partial charge in [0.15, 0.2) is 5.76 Å². The van der Waals surface area contributed by atoms with Crippen LogP contribution < -0.4 is 4.98 Å². The molecule has 4 N–H and O–H groups in total. The summed E-state index contributed by atoms with van der Waals surface area (Å²) in [6, 6.07) is 8.35. The van der Waals surface area contributed by atoms with Crippen LogP contribution in [0.5, 0.6) is 11.6 Å². The normalized spacial score (nSPS) is 11.2. The van der Waals surface area contributed by atoms with Crippen molar-refractivity contribution in [2.45, 2.75) is 6.92 Å². The first-order chi connectivity index (χ1) is 15.8. The molecule has 0 saturated heterocycles. The lowest BCUT2D eigenvalue weighted by Crippen LogP contribution is -2.17. The molecule has 12 nitrogen and oxygen atoms in total. The van der Waals surface area contributed by atoms with E-state index in [-0.39, 0.29) is 28.7 Å². The summed E-state index contributed by atoms with van der Waals surface area (Å²) >= 11 is 0. The van der Waals surface area contributed by atoms with Crippen molar-refractivity contribution >= 4 is 22.6 Å². The Morgan fingerprint density at radius 2 is 1.97 bits per heavy atom. The molecule has 4 heterocycles. The number of aryl methyl sites for hydroxylation is 1. The van der Waals surface area contributed by atoms with Gasteiger partial charge in [-0.25, -0.2) is 9.97 Å². The number of non-ortho nitro benzene ring substituents is 1. The van der Waals surface area contributed by atoms with Gasteiger partial charge in [0, 0.05) is 17.7 Å². The van der Waals surface area contributed by atoms with Crippen LogP contribution >= 0.6 is 0 Å². The first kappa shape index (κ1) is 19.9. The summed E-state index contributed by atoms with van der Waals surface area (Å²) in [5.41, 5.74) is 0.850. The summed E-state index contributed by atoms with van der Waals surface area (Å²) in [5, 5.41) is 32.7. The number of ketones is 1. The van der Waals surface area contributed by atoms with Crippen LogP contribution in [0, 0.1) is 17.0 Å². The highest BCUT2D eigenvalue weighted by atomic mass is 16.6. The molecule has 1 aromatic carbocycles. The van der Waals surface area contributed by atoms with Gasteiger partial charge in [0.2, 0.25) is 11.5 Å². The third-order valence-electron chi connectivity index (χ3n) is 5.08. The largest absolute Gasteiger partial charge is 0.501 e. The van der Waals surface area contributed by atoms with Crippen LogP contribution in [0.1, 0.15) is 21.9 Å². The zero-order chi connectivity index (χ0) is 23.3. The van der Waals surface area contributed by atoms with E-state index in [1.807, 2.05) is 0 Å². The second-order valence-electron chi connectivity index (χ2n) is 7.14. The number of fused-ring (bicyclic) bond motifs is 1. The molecular weight excluding hydrogens is 432 g/mol. The van der Waals surface area contributed by atoms with Crippen molar-refractivity contribution in [3.8, 4) is 28.8 Å². The molecule has 33 heavy (non-hydrogen) atoms. The molecule has 0 atom stereocenters. The van der Waals surface area contributed by atoms with E-state index >= 15 is 0 Å². The SMILES string of the molecule is Cc1ccc(C(=O)c2c(O)c(O)n(-c3nc4nc[nH]c4c[nH+]3)c2-c2ccc([N+](=O)[O-])cc2)o1. The van der Waals surface area contributed by atoms with Crippen molar-refractivity contribution in [3.63, 3.8) is 0 Å². The van der Waals surface area contributed by atoms with Gasteiger partial charge in [0.25, 0.3) is 11.3 Å². The lowest BCUT2D eigenvalue weighted by Gasteiger charge is -2.05. The van der Waals surface area contributed by atoms with Gasteiger partial charge in [-0.1, -0.05) is 0 Å². The highest BCUT2D eigenvalue weighted by Crippen LogP contribution is 2.43. The van der Waals surface area contributed by atoms with E-state index in [1.54, 1.807) is 19.2 Å². The van der Waals surface area contributed by atoms with Gasteiger partial charge in [0.05, 0.1) is 17.4 Å². The number of furan rings is 1. The fraction of sp³-hybridized carbons (Fsp3) is 0.0476. The van der Waals surface area contributed by atoms with Crippen molar-refractivity contribution in [3.05, 3.63) is 76.1 Å². The maximum absolute atomic E-state index is 13.3. The maximum atomic E-state index is 13.3. The second kappa shape index (κ2) is 7.30. The predicted octanol–water partition coefficient (Wildman–Crippen LogP) is 2.68. The van der Waals surface area contributed by atoms with E-state index in [9.17, 15) is 25.1 Å². The average molecular weight is 447 g/mol. The number of hydrogen-bond acceptors (Lipinski definition) is 8. The van der Waals surface area contributed by atoms with Gasteiger partial charge in [-0.15, -0.1) is 0 Å². The standard InChI is InChI=1S/C21H14N6O6/c1-10-2-7-14(33-10)17(28)15-16(11-3-5-12(6-4-11)27(31)32)26(20(30)18(15)29)21-22-8-13-19(25-21)24-9-23-13/h2-9,29-30H,1H3,(H,22,23,24,25)/p+1. The molecule has 0 aliphatic heterocycles. The van der Waals surface area contributed by atoms with Crippen LogP contribution in [-0.2, 0) is 0 Å². The number of aromatic amines is 2. The van der Waals surface area contributed by atoms with Crippen LogP contribution in [0.4, 0.5) is 5.69 Å². The molecule has 5 rings (SSSR count). The summed E-state index contributed by atoms with van der Waals surface area (Å²) in [6.45, 7) is 1.66. The topological polar surface area (TPSA) is 174 Å². The first-order valence-electron chi connectivity index (χ1n) is 9.60. The molecule has 5 aromatic rings. The lowest BCUT2D eigenvalue weighted by atomic mass is 10.0. The van der Waals surface area contributed by atoms with E-state index in [0.717, 1.165) is 4.57 Å². The Hall–Kier alpha value is -5.00. The average Bonchev–Trinajstić information content (AvgIpc) is 3.51. The molecule has 4 aromatic heterocycles. The number of aromatic nitrogens is 5. The van der Waals surface area contributed by atoms with E-state index in [4.69, 9.17) is 4.42 Å². The number of carbonyl (C=O) groups is 1. The summed E-state index contributed by atoms with van der Waals surface area (Å²) in [5.74, 6) is -1.57. The van der Waals surface area contributed by atoms with E-state index < -0.39 is 22.3 Å². The summed E-state index contributed by atoms with van der Waals surface area (Å²) in [6.07, 6.45) is 2.99. The Morgan fingerprint density at radius 3 is 2.64 bits per heavy atom. The number of benzene rings is 1. The van der Waals surface area contributed by atoms with Crippen LogP contribution in [-0.4, -0.2) is 40.4 Å². The van der Waals surface area contributed by atoms with E-state index in [2.05, 4.69) is 19.9 Å². The molecule has 12 heteroatoms. The summed E-state index contributed by atoms with van der Waals surface area (Å²) in [4.78, 5) is 38.0. The van der Waals surface area contributed by atoms with Crippen LogP contribution in [0.15, 0.2) is 53.3 Å². The predicted molar refractivity (Wildman–Crippen MR) is 112 cm³/mol. The number of imidazole rings is 1. The molecule has 0 aliphatic carbocycles. The van der Waals surface area contributed by atoms with Gasteiger partial charge in [-0.05, 0) is 36.2 Å². The second-order valence-corrected chi connectivity index (χ2v) is 7.14. The van der Waals surface area contributed by atoms with E-state index in [1.165, 1.54) is 36.7 Å². The number of rotatable bonds is 5. The fourth-order valence-electron chi connectivity index (χ4n) is 3.54. The van der Waals surface area contributed by atoms with Crippen molar-refractivity contribution in [2.24, 2.45) is 0 Å². The minimum absolute atomic E-state index is 0.0467. The highest BCUT2D eigenvalue weighted by Gasteiger charge is 2.36. The summed E-state index contributed by atoms with van der Waals surface area (Å²) in [7, 11) is 0. The van der Waals surface area contributed by atoms with Crippen molar-refractivity contribution in [1.29, 1.82) is 0 Å². The van der Waals surface area contributed by atoms with Gasteiger partial charge in [0.1, 0.15) is 22.5 Å². The molecule has 0 radical (unpaired) electrons. The van der Waals surface area contributed by atoms with Gasteiger partial charge in [-0.2, -0.15) is 4.57 Å². The van der Waals surface area contributed by atoms with E-state index in [0.29, 0.717) is 22.5 Å². The third-order valence-corrected chi connectivity index (χ3v) is 5.08. The quantitative estimate of drug-likeness (QED) is 0.209. The van der Waals surface area contributed by atoms with Gasteiger partial charge >= 0.3 is 11.8 Å². The Bertz CT molecular complexity index is 1550. The maximum Gasteiger partial charge on any atom is 0.406 e. The zero-order valence-electron chi connectivity index (χ0n) is 16.9. The fourth-order valence-corrected chi connectivity index (χ4v) is 3.54. The molecule has 0 aliphatic rings. The highest BCUT2D eigenvalue weighted by molar-refractivity contribution is 6.13. The monoisotopic (exact) mass is 447 g/mol. The Labute approximate surface area is 183 Å². The Kier molecular flexibility index (Phi) is 4.41. The molecule has 0 bridgehead atoms. The molecule has 0 fully saturated rings. The smallest absolute Gasteiger partial charge is 0.406 e. The Morgan fingerprint density at radius 1 is 1.21 bits per heavy atom. The number of nitro benzene ring substituents is 1. The lowest BCUT2D eigenvalue weighted by molar-refractivity contribution is -0.384. The van der Waals surface area contributed by atoms with Crippen LogP contribution in [0.2, 0.25) is 0 Å². The number of hydrogen-bond donors (Lipinski definition) is 3. The first-order valence-corrected chi connectivity index (χ1v) is 9.60. The molecule has 0 unspecified atom stereocenters. The van der Waals surface area contributed by atoms with Crippen molar-refractivity contribution in [2.75, 3.05) is 0 Å². The van der Waals surface area contributed by atoms with Crippen LogP contribution in [0.25, 0.3) is 28.4 Å². The number of aromatic hydroxyl groups is 2. The number of nitro groups is 1. The number of nitrogens with one attached hydrogen (secondary N) is 2. The molecule has 0 amide bonds. The van der Waals surface area contributed by atoms with Gasteiger partial charge < -0.3 is 19.6 Å². The third kappa shape index (κ3) is 3.17. The van der Waals surface area contributed by atoms with Crippen molar-refractivity contribution in [1.82, 2.24) is 19.5 Å². The summed E-state index contributed by atoms with van der Waals surface area (Å²) < 4.78 is 6.55. The molecule has 164 valence electrons. The zero-order valence-corrected chi connectivity index (χ0v) is 16.9. The molecule has 0 saturated carbocycles. The molecular formula is C21H15N6O6+. The number of H-pyrrole nitrogens is 2. The molecule has 0 spiro atoms. The number of carbonyl (C=O) groups excluding carboxylic acids is 1. The number of nitrogens with zero attached hydrogens (tertiary/aromatic N) is 4. The Balaban J connectivity index is 1.79. The minimum atomic E-state index is -0.695. The van der Waals surface area contributed by atoms with Crippen LogP contribution in [0.3, 0.4) is 0 Å². The minimum Gasteiger partial charge on any atom is -0.501 e. The van der Waals surface area contributed by atoms with Crippen molar-refractivity contribution < 1.29 is 29.3 Å².